The van der Waals surface area contributed by atoms with E-state index in [0.29, 0.717) is 15.7 Å². The number of thiophene rings is 1. The van der Waals surface area contributed by atoms with Crippen molar-refractivity contribution in [2.24, 2.45) is 0 Å². The van der Waals surface area contributed by atoms with Crippen molar-refractivity contribution >= 4 is 68.7 Å². The topological polar surface area (TPSA) is 79.5 Å². The maximum atomic E-state index is 12.9. The molecule has 9 heteroatoms. The van der Waals surface area contributed by atoms with Crippen LogP contribution in [-0.4, -0.2) is 29.3 Å². The number of carbonyl (C=O) groups is 2. The number of hydrogen-bond donors (Lipinski definition) is 3. The molecule has 0 atom stereocenters. The second kappa shape index (κ2) is 13.4. The third-order valence-corrected chi connectivity index (χ3v) is 7.75. The molecule has 4 aromatic rings. The summed E-state index contributed by atoms with van der Waals surface area (Å²) in [6.45, 7) is 6.06. The maximum absolute atomic E-state index is 12.9. The van der Waals surface area contributed by atoms with E-state index in [1.54, 1.807) is 6.92 Å². The van der Waals surface area contributed by atoms with E-state index in [1.807, 2.05) is 92.0 Å². The van der Waals surface area contributed by atoms with Gasteiger partial charge in [-0.2, -0.15) is 0 Å². The van der Waals surface area contributed by atoms with Gasteiger partial charge in [0.15, 0.2) is 5.11 Å². The highest BCUT2D eigenvalue weighted by Crippen LogP contribution is 2.36. The third kappa shape index (κ3) is 7.92. The smallest absolute Gasteiger partial charge is 0.341 e. The number of thioether (sulfide) groups is 1. The highest BCUT2D eigenvalue weighted by Gasteiger charge is 2.23. The quantitative estimate of drug-likeness (QED) is 0.107. The number of carbonyl (C=O) groups excluding carboxylic acids is 2. The Labute approximate surface area is 242 Å². The molecule has 0 saturated carbocycles. The summed E-state index contributed by atoms with van der Waals surface area (Å²) < 4.78 is 5.30. The Hall–Kier alpha value is -3.66. The number of esters is 1. The van der Waals surface area contributed by atoms with Gasteiger partial charge in [-0.1, -0.05) is 53.6 Å². The number of hydrogen-bond acceptors (Lipinski definition) is 6. The van der Waals surface area contributed by atoms with Crippen LogP contribution in [0.25, 0.3) is 11.1 Å². The second-order valence-electron chi connectivity index (χ2n) is 8.75. The first-order valence-electron chi connectivity index (χ1n) is 12.4. The van der Waals surface area contributed by atoms with Crippen LogP contribution in [0.1, 0.15) is 28.4 Å². The van der Waals surface area contributed by atoms with Crippen LogP contribution in [0.3, 0.4) is 0 Å². The molecule has 0 fully saturated rings. The summed E-state index contributed by atoms with van der Waals surface area (Å²) in [4.78, 5) is 26.6. The van der Waals surface area contributed by atoms with E-state index in [-0.39, 0.29) is 18.3 Å². The van der Waals surface area contributed by atoms with Crippen molar-refractivity contribution in [2.45, 2.75) is 25.7 Å². The number of rotatable bonds is 9. The van der Waals surface area contributed by atoms with Crippen LogP contribution in [0.5, 0.6) is 0 Å². The normalized spacial score (nSPS) is 10.5. The van der Waals surface area contributed by atoms with Crippen LogP contribution in [0, 0.1) is 13.8 Å². The van der Waals surface area contributed by atoms with Gasteiger partial charge in [0.2, 0.25) is 5.91 Å². The van der Waals surface area contributed by atoms with Crippen LogP contribution in [0.15, 0.2) is 83.1 Å². The number of nitrogens with one attached hydrogen (secondary N) is 3. The molecule has 0 bridgehead atoms. The van der Waals surface area contributed by atoms with Crippen molar-refractivity contribution in [3.05, 3.63) is 94.9 Å². The van der Waals surface area contributed by atoms with Gasteiger partial charge < -0.3 is 20.7 Å². The molecule has 0 unspecified atom stereocenters. The molecule has 4 rings (SSSR count). The molecule has 0 spiro atoms. The zero-order chi connectivity index (χ0) is 27.8. The summed E-state index contributed by atoms with van der Waals surface area (Å²) in [7, 11) is 0. The Bertz CT molecular complexity index is 1470. The summed E-state index contributed by atoms with van der Waals surface area (Å²) in [6, 6.07) is 23.6. The average Bonchev–Trinajstić information content (AvgIpc) is 3.33. The summed E-state index contributed by atoms with van der Waals surface area (Å²) >= 11 is 8.15. The Balaban J connectivity index is 1.39. The number of ether oxygens (including phenoxy) is 1. The zero-order valence-corrected chi connectivity index (χ0v) is 24.3. The molecule has 1 heterocycles. The molecule has 200 valence electrons. The van der Waals surface area contributed by atoms with Gasteiger partial charge in [-0.3, -0.25) is 4.79 Å². The Morgan fingerprint density at radius 3 is 2.26 bits per heavy atom. The van der Waals surface area contributed by atoms with Crippen molar-refractivity contribution in [1.82, 2.24) is 0 Å². The predicted molar refractivity (Wildman–Crippen MR) is 167 cm³/mol. The molecule has 1 aromatic heterocycles. The molecule has 39 heavy (non-hydrogen) atoms. The minimum atomic E-state index is -0.453. The average molecular weight is 576 g/mol. The maximum Gasteiger partial charge on any atom is 0.341 e. The van der Waals surface area contributed by atoms with E-state index in [9.17, 15) is 9.59 Å². The molecular formula is C30H29N3O3S3. The van der Waals surface area contributed by atoms with Crippen molar-refractivity contribution in [2.75, 3.05) is 28.3 Å². The van der Waals surface area contributed by atoms with Gasteiger partial charge in [0, 0.05) is 27.2 Å². The second-order valence-corrected chi connectivity index (χ2v) is 11.1. The number of amides is 1. The van der Waals surface area contributed by atoms with E-state index in [0.717, 1.165) is 33.0 Å². The lowest BCUT2D eigenvalue weighted by molar-refractivity contribution is -0.113. The lowest BCUT2D eigenvalue weighted by Gasteiger charge is -2.12. The molecule has 3 N–H and O–H groups in total. The van der Waals surface area contributed by atoms with E-state index in [1.165, 1.54) is 28.7 Å². The summed E-state index contributed by atoms with van der Waals surface area (Å²) in [5, 5.41) is 12.1. The van der Waals surface area contributed by atoms with Crippen molar-refractivity contribution < 1.29 is 14.3 Å². The van der Waals surface area contributed by atoms with E-state index < -0.39 is 5.97 Å². The number of thiocarbonyl (C=S) groups is 1. The van der Waals surface area contributed by atoms with Gasteiger partial charge in [-0.05, 0) is 68.9 Å². The van der Waals surface area contributed by atoms with E-state index in [4.69, 9.17) is 17.0 Å². The number of anilines is 3. The minimum absolute atomic E-state index is 0.176. The van der Waals surface area contributed by atoms with Gasteiger partial charge >= 0.3 is 5.97 Å². The van der Waals surface area contributed by atoms with Crippen molar-refractivity contribution in [3.8, 4) is 11.1 Å². The Kier molecular flexibility index (Phi) is 9.75. The molecule has 6 nitrogen and oxygen atoms in total. The lowest BCUT2D eigenvalue weighted by Crippen LogP contribution is -2.19. The summed E-state index contributed by atoms with van der Waals surface area (Å²) in [6.07, 6.45) is 0. The first-order valence-corrected chi connectivity index (χ1v) is 14.6. The highest BCUT2D eigenvalue weighted by molar-refractivity contribution is 8.00. The fourth-order valence-electron chi connectivity index (χ4n) is 3.71. The van der Waals surface area contributed by atoms with E-state index >= 15 is 0 Å². The molecule has 0 aliphatic carbocycles. The largest absolute Gasteiger partial charge is 0.462 e. The SMILES string of the molecule is CCOC(=O)c1c(-c2ccc(C)cc2)csc1NC(=O)CSc1cccc(NC(=S)Nc2ccc(C)cc2)c1. The van der Waals surface area contributed by atoms with Gasteiger partial charge in [0.1, 0.15) is 10.6 Å². The predicted octanol–water partition coefficient (Wildman–Crippen LogP) is 7.75. The lowest BCUT2D eigenvalue weighted by atomic mass is 10.0. The van der Waals surface area contributed by atoms with Crippen LogP contribution >= 0.6 is 35.3 Å². The van der Waals surface area contributed by atoms with Gasteiger partial charge in [-0.25, -0.2) is 4.79 Å². The molecule has 0 radical (unpaired) electrons. The monoisotopic (exact) mass is 575 g/mol. The van der Waals surface area contributed by atoms with Gasteiger partial charge in [-0.15, -0.1) is 23.1 Å². The van der Waals surface area contributed by atoms with Gasteiger partial charge in [0.05, 0.1) is 12.4 Å². The first kappa shape index (κ1) is 28.4. The molecule has 0 aliphatic rings. The Morgan fingerprint density at radius 2 is 1.56 bits per heavy atom. The molecule has 1 amide bonds. The van der Waals surface area contributed by atoms with Crippen molar-refractivity contribution in [3.63, 3.8) is 0 Å². The third-order valence-electron chi connectivity index (χ3n) is 5.66. The fraction of sp³-hybridized carbons (Fsp3) is 0.167. The summed E-state index contributed by atoms with van der Waals surface area (Å²) in [5.74, 6) is -0.487. The molecule has 3 aromatic carbocycles. The first-order chi connectivity index (χ1) is 18.8. The van der Waals surface area contributed by atoms with E-state index in [2.05, 4.69) is 16.0 Å². The van der Waals surface area contributed by atoms with Crippen LogP contribution in [-0.2, 0) is 9.53 Å². The molecular weight excluding hydrogens is 547 g/mol. The molecule has 0 aliphatic heterocycles. The van der Waals surface area contributed by atoms with Crippen LogP contribution in [0.4, 0.5) is 16.4 Å². The van der Waals surface area contributed by atoms with Crippen LogP contribution < -0.4 is 16.0 Å². The number of aryl methyl sites for hydroxylation is 2. The van der Waals surface area contributed by atoms with Crippen LogP contribution in [0.2, 0.25) is 0 Å². The fourth-order valence-corrected chi connectivity index (χ4v) is 5.67. The Morgan fingerprint density at radius 1 is 0.897 bits per heavy atom. The van der Waals surface area contributed by atoms with Gasteiger partial charge in [0.25, 0.3) is 0 Å². The van der Waals surface area contributed by atoms with Crippen molar-refractivity contribution in [1.29, 1.82) is 0 Å². The number of benzene rings is 3. The standard InChI is InChI=1S/C30H29N3O3S3/c1-4-36-29(35)27-25(21-12-8-19(2)9-13-21)17-39-28(27)33-26(34)18-38-24-7-5-6-23(16-24)32-30(37)31-22-14-10-20(3)11-15-22/h5-17H,4,18H2,1-3H3,(H,33,34)(H2,31,32,37). The zero-order valence-electron chi connectivity index (χ0n) is 21.9. The summed E-state index contributed by atoms with van der Waals surface area (Å²) in [5.41, 5.74) is 6.04. The minimum Gasteiger partial charge on any atom is -0.462 e. The highest BCUT2D eigenvalue weighted by atomic mass is 32.2. The molecule has 0 saturated heterocycles.